The molecule has 0 aliphatic heterocycles. The number of rotatable bonds is 2. The molecule has 18 heavy (non-hydrogen) atoms. The Balaban J connectivity index is 2.09. The van der Waals surface area contributed by atoms with Gasteiger partial charge in [-0.1, -0.05) is 45.7 Å². The van der Waals surface area contributed by atoms with Gasteiger partial charge in [-0.25, -0.2) is 0 Å². The van der Waals surface area contributed by atoms with Crippen LogP contribution in [0.1, 0.15) is 20.8 Å². The molecule has 0 aliphatic carbocycles. The van der Waals surface area contributed by atoms with E-state index >= 15 is 0 Å². The third-order valence-corrected chi connectivity index (χ3v) is 6.80. The van der Waals surface area contributed by atoms with Crippen molar-refractivity contribution in [2.75, 3.05) is 0 Å². The first-order valence-corrected chi connectivity index (χ1v) is 8.52. The van der Waals surface area contributed by atoms with E-state index in [0.717, 1.165) is 9.90 Å². The molecule has 1 unspecified atom stereocenters. The van der Waals surface area contributed by atoms with Crippen LogP contribution >= 0.6 is 50.2 Å². The summed E-state index contributed by atoms with van der Waals surface area (Å²) in [5.74, 6) is 0. The van der Waals surface area contributed by atoms with E-state index in [1.165, 1.54) is 20.5 Å². The molecule has 0 saturated carbocycles. The molecule has 2 aromatic heterocycles. The number of hydrogen-bond donors (Lipinski definition) is 0. The lowest BCUT2D eigenvalue weighted by molar-refractivity contribution is 1.26. The SMILES string of the molecule is Cc1cc(C(Br)c2csc3ccccc23)sc1Cl. The number of aryl methyl sites for hydroxylation is 1. The second-order valence-electron chi connectivity index (χ2n) is 4.16. The molecule has 1 aromatic carbocycles. The topological polar surface area (TPSA) is 0 Å². The van der Waals surface area contributed by atoms with Crippen LogP contribution in [0.25, 0.3) is 10.1 Å². The van der Waals surface area contributed by atoms with Crippen LogP contribution in [0.5, 0.6) is 0 Å². The number of thiophene rings is 2. The highest BCUT2D eigenvalue weighted by molar-refractivity contribution is 9.09. The van der Waals surface area contributed by atoms with Crippen LogP contribution < -0.4 is 0 Å². The van der Waals surface area contributed by atoms with E-state index in [0.29, 0.717) is 0 Å². The van der Waals surface area contributed by atoms with Crippen LogP contribution in [0.4, 0.5) is 0 Å². The van der Waals surface area contributed by atoms with Crippen molar-refractivity contribution in [1.29, 1.82) is 0 Å². The molecule has 0 fully saturated rings. The molecule has 0 N–H and O–H groups in total. The van der Waals surface area contributed by atoms with Gasteiger partial charge >= 0.3 is 0 Å². The Labute approximate surface area is 127 Å². The lowest BCUT2D eigenvalue weighted by Gasteiger charge is -2.06. The molecule has 92 valence electrons. The van der Waals surface area contributed by atoms with Crippen molar-refractivity contribution >= 4 is 60.3 Å². The van der Waals surface area contributed by atoms with Crippen LogP contribution in [0, 0.1) is 6.92 Å². The Morgan fingerprint density at radius 1 is 1.28 bits per heavy atom. The summed E-state index contributed by atoms with van der Waals surface area (Å²) in [6.07, 6.45) is 0. The summed E-state index contributed by atoms with van der Waals surface area (Å²) in [6.45, 7) is 2.05. The van der Waals surface area contributed by atoms with E-state index in [-0.39, 0.29) is 4.83 Å². The van der Waals surface area contributed by atoms with Gasteiger partial charge in [-0.2, -0.15) is 0 Å². The van der Waals surface area contributed by atoms with Crippen LogP contribution in [-0.4, -0.2) is 0 Å². The summed E-state index contributed by atoms with van der Waals surface area (Å²) in [5.41, 5.74) is 2.48. The lowest BCUT2D eigenvalue weighted by atomic mass is 10.1. The van der Waals surface area contributed by atoms with Gasteiger partial charge in [0, 0.05) is 9.58 Å². The van der Waals surface area contributed by atoms with Gasteiger partial charge in [0.15, 0.2) is 0 Å². The molecule has 0 aliphatic rings. The van der Waals surface area contributed by atoms with Crippen LogP contribution in [-0.2, 0) is 0 Å². The molecule has 0 radical (unpaired) electrons. The van der Waals surface area contributed by atoms with E-state index in [9.17, 15) is 0 Å². The van der Waals surface area contributed by atoms with Crippen LogP contribution in [0.2, 0.25) is 4.34 Å². The highest BCUT2D eigenvalue weighted by Gasteiger charge is 2.17. The highest BCUT2D eigenvalue weighted by atomic mass is 79.9. The van der Waals surface area contributed by atoms with Gasteiger partial charge in [0.25, 0.3) is 0 Å². The number of alkyl halides is 1. The summed E-state index contributed by atoms with van der Waals surface area (Å²) in [7, 11) is 0. The fourth-order valence-electron chi connectivity index (χ4n) is 1.96. The molecular weight excluding hydrogens is 348 g/mol. The monoisotopic (exact) mass is 356 g/mol. The van der Waals surface area contributed by atoms with Gasteiger partial charge in [0.05, 0.1) is 9.16 Å². The Bertz CT molecular complexity index is 679. The van der Waals surface area contributed by atoms with Crippen molar-refractivity contribution in [2.45, 2.75) is 11.8 Å². The largest absolute Gasteiger partial charge is 0.143 e. The molecule has 0 bridgehead atoms. The van der Waals surface area contributed by atoms with Crippen molar-refractivity contribution in [3.05, 3.63) is 56.1 Å². The summed E-state index contributed by atoms with van der Waals surface area (Å²) < 4.78 is 2.21. The normalized spacial score (nSPS) is 13.1. The molecule has 0 saturated heterocycles. The van der Waals surface area contributed by atoms with E-state index in [1.54, 1.807) is 22.7 Å². The molecule has 3 aromatic rings. The zero-order valence-corrected chi connectivity index (χ0v) is 13.6. The molecule has 0 spiro atoms. The van der Waals surface area contributed by atoms with Gasteiger partial charge in [0.1, 0.15) is 0 Å². The molecule has 2 heterocycles. The standard InChI is InChI=1S/C14H10BrClS2/c1-8-6-12(18-14(8)16)13(15)10-7-17-11-5-3-2-4-9(10)11/h2-7,13H,1H3. The van der Waals surface area contributed by atoms with E-state index in [1.807, 2.05) is 6.92 Å². The zero-order chi connectivity index (χ0) is 12.7. The highest BCUT2D eigenvalue weighted by Crippen LogP contribution is 2.42. The minimum atomic E-state index is 0.227. The fraction of sp³-hybridized carbons (Fsp3) is 0.143. The van der Waals surface area contributed by atoms with Gasteiger partial charge in [-0.15, -0.1) is 22.7 Å². The second kappa shape index (κ2) is 4.97. The number of benzene rings is 1. The summed E-state index contributed by atoms with van der Waals surface area (Å²) >= 11 is 13.4. The predicted octanol–water partition coefficient (Wildman–Crippen LogP) is 6.41. The average Bonchev–Trinajstić information content (AvgIpc) is 2.93. The third-order valence-electron chi connectivity index (χ3n) is 2.91. The zero-order valence-electron chi connectivity index (χ0n) is 9.61. The maximum atomic E-state index is 6.15. The van der Waals surface area contributed by atoms with Crippen molar-refractivity contribution < 1.29 is 0 Å². The summed E-state index contributed by atoms with van der Waals surface area (Å²) in [6, 6.07) is 10.7. The first-order chi connectivity index (χ1) is 8.66. The predicted molar refractivity (Wildman–Crippen MR) is 86.7 cm³/mol. The molecular formula is C14H10BrClS2. The van der Waals surface area contributed by atoms with Crippen LogP contribution in [0.3, 0.4) is 0 Å². The number of halogens is 2. The molecule has 3 rings (SSSR count). The number of hydrogen-bond acceptors (Lipinski definition) is 2. The Hall–Kier alpha value is -0.350. The van der Waals surface area contributed by atoms with Gasteiger partial charge in [-0.3, -0.25) is 0 Å². The quantitative estimate of drug-likeness (QED) is 0.465. The Kier molecular flexibility index (Phi) is 3.50. The smallest absolute Gasteiger partial charge is 0.0960 e. The first kappa shape index (κ1) is 12.7. The minimum Gasteiger partial charge on any atom is -0.143 e. The van der Waals surface area contributed by atoms with Crippen molar-refractivity contribution in [2.24, 2.45) is 0 Å². The van der Waals surface area contributed by atoms with Crippen LogP contribution in [0.15, 0.2) is 35.7 Å². The van der Waals surface area contributed by atoms with E-state index in [4.69, 9.17) is 11.6 Å². The van der Waals surface area contributed by atoms with E-state index < -0.39 is 0 Å². The number of fused-ring (bicyclic) bond motifs is 1. The molecule has 0 amide bonds. The van der Waals surface area contributed by atoms with Gasteiger partial charge < -0.3 is 0 Å². The summed E-state index contributed by atoms with van der Waals surface area (Å²) in [4.78, 5) is 1.49. The molecule has 1 atom stereocenters. The molecule has 4 heteroatoms. The third kappa shape index (κ3) is 2.14. The average molecular weight is 358 g/mol. The lowest BCUT2D eigenvalue weighted by Crippen LogP contribution is -1.87. The fourth-order valence-corrected chi connectivity index (χ4v) is 5.12. The minimum absolute atomic E-state index is 0.227. The Morgan fingerprint density at radius 2 is 2.06 bits per heavy atom. The second-order valence-corrected chi connectivity index (χ2v) is 7.67. The maximum Gasteiger partial charge on any atom is 0.0960 e. The van der Waals surface area contributed by atoms with Gasteiger partial charge in [-0.05, 0) is 40.9 Å². The summed E-state index contributed by atoms with van der Waals surface area (Å²) in [5, 5.41) is 3.55. The van der Waals surface area contributed by atoms with Gasteiger partial charge in [0.2, 0.25) is 0 Å². The Morgan fingerprint density at radius 3 is 2.78 bits per heavy atom. The first-order valence-electron chi connectivity index (χ1n) is 5.53. The van der Waals surface area contributed by atoms with E-state index in [2.05, 4.69) is 51.6 Å². The van der Waals surface area contributed by atoms with Crippen molar-refractivity contribution in [1.82, 2.24) is 0 Å². The van der Waals surface area contributed by atoms with Crippen molar-refractivity contribution in [3.63, 3.8) is 0 Å². The molecule has 0 nitrogen and oxygen atoms in total. The van der Waals surface area contributed by atoms with Crippen molar-refractivity contribution in [3.8, 4) is 0 Å². The maximum absolute atomic E-state index is 6.15.